The number of aromatic nitrogens is 4. The fourth-order valence-electron chi connectivity index (χ4n) is 6.38. The molecule has 4 aliphatic rings. The Balaban J connectivity index is 1.20. The highest BCUT2D eigenvalue weighted by molar-refractivity contribution is 7.15. The Morgan fingerprint density at radius 2 is 2.03 bits per heavy atom. The van der Waals surface area contributed by atoms with E-state index in [9.17, 15) is 4.79 Å². The molecule has 1 aliphatic heterocycles. The monoisotopic (exact) mass is 540 g/mol. The smallest absolute Gasteiger partial charge is 0.224 e. The topological polar surface area (TPSA) is 85.1 Å². The van der Waals surface area contributed by atoms with Crippen molar-refractivity contribution >= 4 is 34.6 Å². The molecule has 2 atom stereocenters. The van der Waals surface area contributed by atoms with Crippen molar-refractivity contribution in [2.45, 2.75) is 57.0 Å². The summed E-state index contributed by atoms with van der Waals surface area (Å²) in [6, 6.07) is 12.0. The minimum absolute atomic E-state index is 0.00773. The van der Waals surface area contributed by atoms with E-state index in [1.165, 1.54) is 16.0 Å². The van der Waals surface area contributed by atoms with Gasteiger partial charge in [0, 0.05) is 33.1 Å². The number of carbonyl (C=O) groups excluding carboxylic acids is 1. The maximum Gasteiger partial charge on any atom is 0.224 e. The number of rotatable bonds is 3. The van der Waals surface area contributed by atoms with Crippen LogP contribution in [0.2, 0.25) is 5.02 Å². The molecule has 9 heteroatoms. The van der Waals surface area contributed by atoms with Crippen LogP contribution >= 0.6 is 22.9 Å². The van der Waals surface area contributed by atoms with Gasteiger partial charge in [-0.05, 0) is 68.7 Å². The molecule has 1 amide bonds. The van der Waals surface area contributed by atoms with Crippen LogP contribution in [-0.4, -0.2) is 31.4 Å². The summed E-state index contributed by atoms with van der Waals surface area (Å²) in [5.74, 6) is 1.78. The van der Waals surface area contributed by atoms with E-state index in [0.717, 1.165) is 71.3 Å². The van der Waals surface area contributed by atoms with Gasteiger partial charge in [0.05, 0.1) is 17.4 Å². The number of pyridine rings is 1. The molecule has 0 saturated heterocycles. The third kappa shape index (κ3) is 3.23. The predicted molar refractivity (Wildman–Crippen MR) is 146 cm³/mol. The van der Waals surface area contributed by atoms with Crippen molar-refractivity contribution in [1.82, 2.24) is 25.1 Å². The standard InChI is InChI=1S/C29H25ClN6OS/c1-15-34-35-28-29(10-11-29)33-25(18-6-2-3-7-20(18)30)23-19-13-17(14-22(19)38-27(23)36(15)28)26(37)32-21-9-8-16-5-4-12-31-24(16)21/h2-7,12,17,21H,8-11,13-14H2,1H3,(H,32,37)/t17-,21?/m0/s1. The first-order valence-electron chi connectivity index (χ1n) is 13.2. The molecule has 1 unspecified atom stereocenters. The van der Waals surface area contributed by atoms with Gasteiger partial charge in [-0.1, -0.05) is 35.9 Å². The van der Waals surface area contributed by atoms with Gasteiger partial charge in [0.2, 0.25) is 5.91 Å². The van der Waals surface area contributed by atoms with Crippen molar-refractivity contribution in [2.75, 3.05) is 0 Å². The number of thiophene rings is 1. The first kappa shape index (κ1) is 22.6. The number of fused-ring (bicyclic) bond motifs is 7. The molecule has 3 aliphatic carbocycles. The van der Waals surface area contributed by atoms with E-state index < -0.39 is 0 Å². The Bertz CT molecular complexity index is 1680. The van der Waals surface area contributed by atoms with Gasteiger partial charge >= 0.3 is 0 Å². The lowest BCUT2D eigenvalue weighted by molar-refractivity contribution is -0.125. The van der Waals surface area contributed by atoms with Gasteiger partial charge in [-0.2, -0.15) is 0 Å². The number of hydrogen-bond acceptors (Lipinski definition) is 6. The number of nitrogens with one attached hydrogen (secondary N) is 1. The summed E-state index contributed by atoms with van der Waals surface area (Å²) >= 11 is 8.51. The molecule has 1 fully saturated rings. The van der Waals surface area contributed by atoms with E-state index in [0.29, 0.717) is 11.4 Å². The summed E-state index contributed by atoms with van der Waals surface area (Å²) in [5, 5.41) is 14.1. The van der Waals surface area contributed by atoms with Crippen LogP contribution in [0.3, 0.4) is 0 Å². The molecule has 0 radical (unpaired) electrons. The number of hydrogen-bond donors (Lipinski definition) is 1. The van der Waals surface area contributed by atoms with Crippen molar-refractivity contribution in [1.29, 1.82) is 0 Å². The van der Waals surface area contributed by atoms with Crippen LogP contribution < -0.4 is 5.32 Å². The van der Waals surface area contributed by atoms with Crippen molar-refractivity contribution in [3.8, 4) is 5.00 Å². The van der Waals surface area contributed by atoms with Crippen molar-refractivity contribution in [2.24, 2.45) is 10.9 Å². The first-order valence-corrected chi connectivity index (χ1v) is 14.4. The second-order valence-electron chi connectivity index (χ2n) is 10.8. The van der Waals surface area contributed by atoms with Crippen molar-refractivity contribution in [3.05, 3.63) is 92.1 Å². The fraction of sp³-hybridized carbons (Fsp3) is 0.345. The number of nitrogens with zero attached hydrogens (tertiary/aromatic N) is 5. The number of aliphatic imine (C=N–C) groups is 1. The largest absolute Gasteiger partial charge is 0.347 e. The van der Waals surface area contributed by atoms with E-state index in [2.05, 4.69) is 31.1 Å². The Labute approximate surface area is 229 Å². The van der Waals surface area contributed by atoms with Gasteiger partial charge in [0.15, 0.2) is 5.82 Å². The number of aryl methyl sites for hydroxylation is 2. The zero-order chi connectivity index (χ0) is 25.6. The molecular weight excluding hydrogens is 516 g/mol. The molecule has 1 saturated carbocycles. The van der Waals surface area contributed by atoms with Crippen LogP contribution in [0.15, 0.2) is 47.6 Å². The summed E-state index contributed by atoms with van der Waals surface area (Å²) in [6.07, 6.45) is 6.97. The molecule has 1 aromatic carbocycles. The van der Waals surface area contributed by atoms with E-state index in [-0.39, 0.29) is 23.4 Å². The van der Waals surface area contributed by atoms with Gasteiger partial charge in [-0.15, -0.1) is 21.5 Å². The van der Waals surface area contributed by atoms with Crippen LogP contribution in [0.4, 0.5) is 0 Å². The molecule has 38 heavy (non-hydrogen) atoms. The van der Waals surface area contributed by atoms with E-state index in [1.54, 1.807) is 11.3 Å². The lowest BCUT2D eigenvalue weighted by Gasteiger charge is -2.17. The van der Waals surface area contributed by atoms with Crippen LogP contribution in [0.5, 0.6) is 0 Å². The molecule has 3 aromatic heterocycles. The average Bonchev–Trinajstić information content (AvgIpc) is 3.21. The van der Waals surface area contributed by atoms with Gasteiger partial charge in [0.25, 0.3) is 0 Å². The minimum atomic E-state index is -0.361. The highest BCUT2D eigenvalue weighted by Crippen LogP contribution is 2.54. The Morgan fingerprint density at radius 3 is 2.87 bits per heavy atom. The third-order valence-corrected chi connectivity index (χ3v) is 10.0. The normalized spacial score (nSPS) is 21.8. The second-order valence-corrected chi connectivity index (χ2v) is 12.3. The SMILES string of the molecule is Cc1nnc2n1-c1sc3c(c1C(c1ccccc1Cl)=NC21CC1)C[C@H](C(=O)NC1CCc2cccnc21)C3. The zero-order valence-electron chi connectivity index (χ0n) is 20.9. The Morgan fingerprint density at radius 1 is 1.16 bits per heavy atom. The minimum Gasteiger partial charge on any atom is -0.347 e. The maximum atomic E-state index is 13.5. The quantitative estimate of drug-likeness (QED) is 0.394. The molecule has 8 rings (SSSR count). The Hall–Kier alpha value is -3.36. The molecule has 1 N–H and O–H groups in total. The van der Waals surface area contributed by atoms with E-state index in [1.807, 2.05) is 43.5 Å². The maximum absolute atomic E-state index is 13.5. The first-order chi connectivity index (χ1) is 18.5. The van der Waals surface area contributed by atoms with Gasteiger partial charge in [-0.25, -0.2) is 0 Å². The van der Waals surface area contributed by atoms with Gasteiger partial charge < -0.3 is 5.32 Å². The molecular formula is C29H25ClN6OS. The summed E-state index contributed by atoms with van der Waals surface area (Å²) < 4.78 is 2.20. The highest BCUT2D eigenvalue weighted by atomic mass is 35.5. The van der Waals surface area contributed by atoms with Gasteiger partial charge in [0.1, 0.15) is 16.4 Å². The van der Waals surface area contributed by atoms with E-state index in [4.69, 9.17) is 16.6 Å². The molecule has 0 bridgehead atoms. The second kappa shape index (κ2) is 8.07. The van der Waals surface area contributed by atoms with Gasteiger partial charge in [-0.3, -0.25) is 19.3 Å². The van der Waals surface area contributed by atoms with Crippen LogP contribution in [0.1, 0.15) is 69.8 Å². The fourth-order valence-corrected chi connectivity index (χ4v) is 8.06. The van der Waals surface area contributed by atoms with Crippen LogP contribution in [0.25, 0.3) is 5.00 Å². The number of benzene rings is 1. The van der Waals surface area contributed by atoms with E-state index >= 15 is 0 Å². The Kier molecular flexibility index (Phi) is 4.80. The summed E-state index contributed by atoms with van der Waals surface area (Å²) in [6.45, 7) is 2.01. The van der Waals surface area contributed by atoms with Crippen molar-refractivity contribution in [3.63, 3.8) is 0 Å². The molecule has 4 aromatic rings. The van der Waals surface area contributed by atoms with Crippen LogP contribution in [-0.2, 0) is 29.6 Å². The predicted octanol–water partition coefficient (Wildman–Crippen LogP) is 5.04. The third-order valence-electron chi connectivity index (χ3n) is 8.46. The lowest BCUT2D eigenvalue weighted by Crippen LogP contribution is -2.34. The number of carbonyl (C=O) groups is 1. The summed E-state index contributed by atoms with van der Waals surface area (Å²) in [4.78, 5) is 24.7. The number of halogens is 1. The molecule has 4 heterocycles. The highest BCUT2D eigenvalue weighted by Gasteiger charge is 2.52. The van der Waals surface area contributed by atoms with Crippen molar-refractivity contribution < 1.29 is 4.79 Å². The summed E-state index contributed by atoms with van der Waals surface area (Å²) in [5.41, 5.74) is 6.05. The number of amides is 1. The lowest BCUT2D eigenvalue weighted by atomic mass is 9.97. The molecule has 1 spiro atoms. The van der Waals surface area contributed by atoms with Crippen LogP contribution in [0, 0.1) is 12.8 Å². The zero-order valence-corrected chi connectivity index (χ0v) is 22.4. The molecule has 190 valence electrons. The molecule has 7 nitrogen and oxygen atoms in total. The average molecular weight is 541 g/mol. The summed E-state index contributed by atoms with van der Waals surface area (Å²) in [7, 11) is 0.